The molecule has 1 rings (SSSR count). The minimum atomic E-state index is -1.01. The number of nitrogens with one attached hydrogen (secondary N) is 1. The predicted octanol–water partition coefficient (Wildman–Crippen LogP) is 2.60. The largest absolute Gasteiger partial charge is 0.475 e. The lowest BCUT2D eigenvalue weighted by Crippen LogP contribution is -2.16. The molecule has 0 unspecified atom stereocenters. The summed E-state index contributed by atoms with van der Waals surface area (Å²) in [5.74, 6) is 0.247. The molecular formula is C12H19NO3S. The van der Waals surface area contributed by atoms with E-state index >= 15 is 0 Å². The van der Waals surface area contributed by atoms with Crippen molar-refractivity contribution in [1.82, 2.24) is 5.32 Å². The first-order valence-electron chi connectivity index (χ1n) is 5.75. The highest BCUT2D eigenvalue weighted by atomic mass is 32.2. The van der Waals surface area contributed by atoms with Crippen LogP contribution in [0.5, 0.6) is 0 Å². The van der Waals surface area contributed by atoms with Crippen LogP contribution in [-0.2, 0) is 6.54 Å². The van der Waals surface area contributed by atoms with Crippen molar-refractivity contribution < 1.29 is 14.3 Å². The number of hydrogen-bond donors (Lipinski definition) is 2. The van der Waals surface area contributed by atoms with Crippen LogP contribution in [0.25, 0.3) is 0 Å². The van der Waals surface area contributed by atoms with Crippen molar-refractivity contribution >= 4 is 17.7 Å². The van der Waals surface area contributed by atoms with E-state index in [4.69, 9.17) is 9.52 Å². The quantitative estimate of drug-likeness (QED) is 0.666. The summed E-state index contributed by atoms with van der Waals surface area (Å²) < 4.78 is 4.89. The number of furan rings is 1. The molecule has 96 valence electrons. The Balaban J connectivity index is 2.14. The van der Waals surface area contributed by atoms with Gasteiger partial charge < -0.3 is 14.8 Å². The second-order valence-electron chi connectivity index (χ2n) is 3.81. The summed E-state index contributed by atoms with van der Waals surface area (Å²) >= 11 is 1.87. The highest BCUT2D eigenvalue weighted by molar-refractivity contribution is 7.98. The Morgan fingerprint density at radius 1 is 1.47 bits per heavy atom. The van der Waals surface area contributed by atoms with Crippen LogP contribution >= 0.6 is 11.8 Å². The maximum Gasteiger partial charge on any atom is 0.372 e. The van der Waals surface area contributed by atoms with Crippen LogP contribution in [0, 0.1) is 0 Å². The summed E-state index contributed by atoms with van der Waals surface area (Å²) in [5, 5.41) is 12.1. The zero-order chi connectivity index (χ0) is 12.5. The smallest absolute Gasteiger partial charge is 0.372 e. The Morgan fingerprint density at radius 3 is 3.00 bits per heavy atom. The van der Waals surface area contributed by atoms with Crippen molar-refractivity contribution in [3.63, 3.8) is 0 Å². The molecule has 1 heterocycles. The fourth-order valence-electron chi connectivity index (χ4n) is 1.56. The van der Waals surface area contributed by atoms with E-state index in [1.165, 1.54) is 24.9 Å². The molecule has 17 heavy (non-hydrogen) atoms. The molecule has 1 aromatic rings. The van der Waals surface area contributed by atoms with Crippen molar-refractivity contribution in [1.29, 1.82) is 0 Å². The van der Waals surface area contributed by atoms with Gasteiger partial charge in [-0.2, -0.15) is 11.8 Å². The lowest BCUT2D eigenvalue weighted by Gasteiger charge is -2.03. The van der Waals surface area contributed by atoms with Gasteiger partial charge in [0.25, 0.3) is 0 Å². The molecule has 0 aliphatic heterocycles. The summed E-state index contributed by atoms with van der Waals surface area (Å²) in [6.45, 7) is 1.47. The van der Waals surface area contributed by atoms with E-state index in [9.17, 15) is 4.79 Å². The molecule has 0 saturated carbocycles. The minimum absolute atomic E-state index is 0.0416. The van der Waals surface area contributed by atoms with E-state index in [2.05, 4.69) is 11.6 Å². The van der Waals surface area contributed by atoms with E-state index in [1.54, 1.807) is 6.07 Å². The second kappa shape index (κ2) is 8.20. The molecule has 0 radical (unpaired) electrons. The monoisotopic (exact) mass is 257 g/mol. The van der Waals surface area contributed by atoms with Crippen LogP contribution in [0.15, 0.2) is 16.7 Å². The highest BCUT2D eigenvalue weighted by Gasteiger charge is 2.12. The van der Waals surface area contributed by atoms with E-state index < -0.39 is 5.97 Å². The van der Waals surface area contributed by atoms with E-state index in [0.29, 0.717) is 12.1 Å². The highest BCUT2D eigenvalue weighted by Crippen LogP contribution is 2.10. The fourth-order valence-corrected chi connectivity index (χ4v) is 2.05. The van der Waals surface area contributed by atoms with Crippen LogP contribution in [0.4, 0.5) is 0 Å². The van der Waals surface area contributed by atoms with Crippen molar-refractivity contribution in [3.8, 4) is 0 Å². The summed E-state index contributed by atoms with van der Waals surface area (Å²) in [6, 6.07) is 1.70. The number of carbonyl (C=O) groups is 1. The molecule has 5 heteroatoms. The number of thioether (sulfide) groups is 1. The first kappa shape index (κ1) is 14.1. The van der Waals surface area contributed by atoms with Crippen molar-refractivity contribution in [2.75, 3.05) is 18.6 Å². The average Bonchev–Trinajstić information content (AvgIpc) is 2.76. The Bertz CT molecular complexity index is 338. The maximum atomic E-state index is 10.8. The summed E-state index contributed by atoms with van der Waals surface area (Å²) in [5.41, 5.74) is 0.710. The molecule has 0 fully saturated rings. The van der Waals surface area contributed by atoms with Gasteiger partial charge in [-0.25, -0.2) is 4.79 Å². The molecule has 2 N–H and O–H groups in total. The van der Waals surface area contributed by atoms with Crippen LogP contribution in [0.1, 0.15) is 35.4 Å². The van der Waals surface area contributed by atoms with Crippen LogP contribution in [0.3, 0.4) is 0 Å². The molecule has 0 saturated heterocycles. The SMILES string of the molecule is CSCCCCCNCc1ccoc1C(=O)O. The zero-order valence-corrected chi connectivity index (χ0v) is 10.9. The van der Waals surface area contributed by atoms with E-state index in [1.807, 2.05) is 11.8 Å². The van der Waals surface area contributed by atoms with E-state index in [-0.39, 0.29) is 5.76 Å². The third kappa shape index (κ3) is 5.28. The van der Waals surface area contributed by atoms with Crippen molar-refractivity contribution in [2.24, 2.45) is 0 Å². The number of rotatable bonds is 9. The predicted molar refractivity (Wildman–Crippen MR) is 69.6 cm³/mol. The molecular weight excluding hydrogens is 238 g/mol. The Morgan fingerprint density at radius 2 is 2.29 bits per heavy atom. The number of carboxylic acid groups (broad SMARTS) is 1. The van der Waals surface area contributed by atoms with Crippen LogP contribution in [-0.4, -0.2) is 29.6 Å². The third-order valence-electron chi connectivity index (χ3n) is 2.46. The van der Waals surface area contributed by atoms with Gasteiger partial charge in [0.1, 0.15) is 0 Å². The third-order valence-corrected chi connectivity index (χ3v) is 3.16. The van der Waals surface area contributed by atoms with Gasteiger partial charge in [0.15, 0.2) is 0 Å². The average molecular weight is 257 g/mol. The standard InChI is InChI=1S/C12H19NO3S/c1-17-8-4-2-3-6-13-9-10-5-7-16-11(10)12(14)15/h5,7,13H,2-4,6,8-9H2,1H3,(H,14,15). The van der Waals surface area contributed by atoms with Gasteiger partial charge in [-0.05, 0) is 37.5 Å². The van der Waals surface area contributed by atoms with Gasteiger partial charge >= 0.3 is 5.97 Å². The van der Waals surface area contributed by atoms with Gasteiger partial charge in [0.05, 0.1) is 6.26 Å². The van der Waals surface area contributed by atoms with Crippen molar-refractivity contribution in [3.05, 3.63) is 23.7 Å². The zero-order valence-electron chi connectivity index (χ0n) is 10.1. The number of hydrogen-bond acceptors (Lipinski definition) is 4. The second-order valence-corrected chi connectivity index (χ2v) is 4.80. The molecule has 0 aliphatic rings. The topological polar surface area (TPSA) is 62.5 Å². The summed E-state index contributed by atoms with van der Waals surface area (Å²) in [4.78, 5) is 10.8. The molecule has 0 atom stereocenters. The lowest BCUT2D eigenvalue weighted by atomic mass is 10.2. The van der Waals surface area contributed by atoms with Gasteiger partial charge in [-0.15, -0.1) is 0 Å². The van der Waals surface area contributed by atoms with Gasteiger partial charge in [0.2, 0.25) is 5.76 Å². The normalized spacial score (nSPS) is 10.6. The fraction of sp³-hybridized carbons (Fsp3) is 0.583. The molecule has 0 amide bonds. The van der Waals surface area contributed by atoms with Crippen LogP contribution < -0.4 is 5.32 Å². The molecule has 0 bridgehead atoms. The van der Waals surface area contributed by atoms with Crippen LogP contribution in [0.2, 0.25) is 0 Å². The number of unbranched alkanes of at least 4 members (excludes halogenated alkanes) is 2. The minimum Gasteiger partial charge on any atom is -0.475 e. The molecule has 4 nitrogen and oxygen atoms in total. The van der Waals surface area contributed by atoms with Gasteiger partial charge in [-0.1, -0.05) is 6.42 Å². The molecule has 1 aromatic heterocycles. The molecule has 0 aliphatic carbocycles. The Hall–Kier alpha value is -0.940. The summed E-state index contributed by atoms with van der Waals surface area (Å²) in [6.07, 6.45) is 7.12. The number of carboxylic acids is 1. The number of aromatic carboxylic acids is 1. The van der Waals surface area contributed by atoms with Gasteiger partial charge in [-0.3, -0.25) is 0 Å². The van der Waals surface area contributed by atoms with E-state index in [0.717, 1.165) is 13.0 Å². The first-order valence-corrected chi connectivity index (χ1v) is 7.14. The maximum absolute atomic E-state index is 10.8. The first-order chi connectivity index (χ1) is 8.25. The van der Waals surface area contributed by atoms with Crippen molar-refractivity contribution in [2.45, 2.75) is 25.8 Å². The molecule has 0 aromatic carbocycles. The van der Waals surface area contributed by atoms with Gasteiger partial charge in [0, 0.05) is 12.1 Å². The molecule has 0 spiro atoms. The Kier molecular flexibility index (Phi) is 6.81. The lowest BCUT2D eigenvalue weighted by molar-refractivity contribution is 0.0660. The summed E-state index contributed by atoms with van der Waals surface area (Å²) in [7, 11) is 0. The Labute approximate surface area is 106 Å².